The smallest absolute Gasteiger partial charge is 0.410 e. The van der Waals surface area contributed by atoms with Crippen molar-refractivity contribution in [1.29, 1.82) is 0 Å². The molecular formula is C15H17NO3S. The molecule has 2 heterocycles. The summed E-state index contributed by atoms with van der Waals surface area (Å²) in [5.74, 6) is 1.94. The molecule has 106 valence electrons. The van der Waals surface area contributed by atoms with Gasteiger partial charge >= 0.3 is 6.09 Å². The molecule has 2 aliphatic heterocycles. The third-order valence-electron chi connectivity index (χ3n) is 3.75. The Morgan fingerprint density at radius 2 is 1.85 bits per heavy atom. The van der Waals surface area contributed by atoms with Crippen molar-refractivity contribution in [1.82, 2.24) is 4.90 Å². The number of carbonyl (C=O) groups is 2. The van der Waals surface area contributed by atoms with E-state index in [-0.39, 0.29) is 30.6 Å². The molecule has 2 bridgehead atoms. The number of thioether (sulfide) groups is 1. The highest BCUT2D eigenvalue weighted by Crippen LogP contribution is 2.31. The molecule has 1 amide bonds. The number of piperidine rings is 1. The van der Waals surface area contributed by atoms with Crippen LogP contribution in [0.1, 0.15) is 18.4 Å². The van der Waals surface area contributed by atoms with Gasteiger partial charge in [-0.3, -0.25) is 9.69 Å². The minimum absolute atomic E-state index is 0.0169. The lowest BCUT2D eigenvalue weighted by Crippen LogP contribution is -2.57. The van der Waals surface area contributed by atoms with Gasteiger partial charge in [0.1, 0.15) is 12.4 Å². The lowest BCUT2D eigenvalue weighted by atomic mass is 9.96. The van der Waals surface area contributed by atoms with Crippen molar-refractivity contribution >= 4 is 23.6 Å². The van der Waals surface area contributed by atoms with Gasteiger partial charge in [-0.25, -0.2) is 4.79 Å². The summed E-state index contributed by atoms with van der Waals surface area (Å²) in [6.07, 6.45) is 0.671. The highest BCUT2D eigenvalue weighted by molar-refractivity contribution is 7.99. The number of amides is 1. The van der Waals surface area contributed by atoms with Gasteiger partial charge in [-0.2, -0.15) is 11.8 Å². The van der Waals surface area contributed by atoms with E-state index < -0.39 is 0 Å². The zero-order valence-electron chi connectivity index (χ0n) is 11.2. The molecule has 3 rings (SSSR count). The van der Waals surface area contributed by atoms with E-state index in [0.717, 1.165) is 17.1 Å². The lowest BCUT2D eigenvalue weighted by Gasteiger charge is -2.44. The number of ketones is 1. The van der Waals surface area contributed by atoms with Gasteiger partial charge < -0.3 is 4.74 Å². The second kappa shape index (κ2) is 5.87. The number of hydrogen-bond acceptors (Lipinski definition) is 4. The Balaban J connectivity index is 1.63. The molecule has 1 aromatic carbocycles. The second-order valence-corrected chi connectivity index (χ2v) is 6.31. The number of hydrogen-bond donors (Lipinski definition) is 0. The van der Waals surface area contributed by atoms with Crippen LogP contribution in [0, 0.1) is 0 Å². The van der Waals surface area contributed by atoms with Crippen molar-refractivity contribution in [3.8, 4) is 0 Å². The van der Waals surface area contributed by atoms with Gasteiger partial charge in [0, 0.05) is 24.3 Å². The van der Waals surface area contributed by atoms with Crippen LogP contribution < -0.4 is 0 Å². The van der Waals surface area contributed by atoms with Gasteiger partial charge in [0.05, 0.1) is 12.1 Å². The maximum Gasteiger partial charge on any atom is 0.410 e. The quantitative estimate of drug-likeness (QED) is 0.840. The molecule has 2 fully saturated rings. The second-order valence-electron chi connectivity index (χ2n) is 5.24. The van der Waals surface area contributed by atoms with Gasteiger partial charge in [-0.05, 0) is 5.56 Å². The van der Waals surface area contributed by atoms with Gasteiger partial charge in [0.2, 0.25) is 0 Å². The summed E-state index contributed by atoms with van der Waals surface area (Å²) in [5, 5.41) is 0. The van der Waals surface area contributed by atoms with Gasteiger partial charge in [-0.15, -0.1) is 0 Å². The summed E-state index contributed by atoms with van der Waals surface area (Å²) in [4.78, 5) is 25.7. The number of carbonyl (C=O) groups excluding carboxylic acids is 2. The zero-order chi connectivity index (χ0) is 13.9. The predicted molar refractivity (Wildman–Crippen MR) is 77.6 cm³/mol. The van der Waals surface area contributed by atoms with E-state index in [1.165, 1.54) is 0 Å². The van der Waals surface area contributed by atoms with Gasteiger partial charge in [-0.1, -0.05) is 30.3 Å². The van der Waals surface area contributed by atoms with E-state index in [9.17, 15) is 9.59 Å². The summed E-state index contributed by atoms with van der Waals surface area (Å²) in [5.41, 5.74) is 0.980. The molecule has 0 radical (unpaired) electrons. The van der Waals surface area contributed by atoms with Crippen LogP contribution in [0.3, 0.4) is 0 Å². The van der Waals surface area contributed by atoms with Crippen LogP contribution in [0.25, 0.3) is 0 Å². The number of Topliss-reactive ketones (excluding diaryl/α,β-unsaturated/α-hetero) is 1. The summed E-state index contributed by atoms with van der Waals surface area (Å²) in [6, 6.07) is 9.69. The molecule has 2 unspecified atom stereocenters. The van der Waals surface area contributed by atoms with Crippen LogP contribution >= 0.6 is 11.8 Å². The Kier molecular flexibility index (Phi) is 3.96. The van der Waals surface area contributed by atoms with Crippen molar-refractivity contribution in [3.63, 3.8) is 0 Å². The topological polar surface area (TPSA) is 46.6 Å². The van der Waals surface area contributed by atoms with Crippen molar-refractivity contribution in [2.24, 2.45) is 0 Å². The molecular weight excluding hydrogens is 274 g/mol. The average Bonchev–Trinajstić information content (AvgIpc) is 2.45. The molecule has 0 saturated carbocycles. The molecule has 4 nitrogen and oxygen atoms in total. The summed E-state index contributed by atoms with van der Waals surface area (Å²) >= 11 is 1.82. The highest BCUT2D eigenvalue weighted by Gasteiger charge is 2.41. The number of benzene rings is 1. The fourth-order valence-corrected chi connectivity index (χ4v) is 4.05. The summed E-state index contributed by atoms with van der Waals surface area (Å²) < 4.78 is 5.41. The third kappa shape index (κ3) is 2.82. The van der Waals surface area contributed by atoms with Crippen LogP contribution in [0.4, 0.5) is 4.79 Å². The fraction of sp³-hybridized carbons (Fsp3) is 0.467. The first-order valence-electron chi connectivity index (χ1n) is 6.82. The first-order valence-corrected chi connectivity index (χ1v) is 7.98. The number of fused-ring (bicyclic) bond motifs is 2. The molecule has 0 aromatic heterocycles. The Morgan fingerprint density at radius 3 is 2.50 bits per heavy atom. The van der Waals surface area contributed by atoms with Crippen molar-refractivity contribution in [3.05, 3.63) is 35.9 Å². The maximum atomic E-state index is 12.3. The lowest BCUT2D eigenvalue weighted by molar-refractivity contribution is -0.124. The minimum atomic E-state index is -0.281. The standard InChI is InChI=1S/C15H17NO3S/c17-14-6-12-9-20-10-13(7-14)16(12)15(18)19-8-11-4-2-1-3-5-11/h1-5,12-13H,6-10H2. The van der Waals surface area contributed by atoms with E-state index in [1.807, 2.05) is 42.1 Å². The first-order chi connectivity index (χ1) is 9.74. The normalized spacial score (nSPS) is 25.4. The minimum Gasteiger partial charge on any atom is -0.445 e. The van der Waals surface area contributed by atoms with Crippen LogP contribution in [0.2, 0.25) is 0 Å². The van der Waals surface area contributed by atoms with Crippen molar-refractivity contribution in [2.45, 2.75) is 31.5 Å². The monoisotopic (exact) mass is 291 g/mol. The molecule has 2 aliphatic rings. The Bertz CT molecular complexity index is 489. The van der Waals surface area contributed by atoms with Crippen LogP contribution in [-0.4, -0.2) is 40.4 Å². The van der Waals surface area contributed by atoms with Crippen LogP contribution in [0.15, 0.2) is 30.3 Å². The summed E-state index contributed by atoms with van der Waals surface area (Å²) in [7, 11) is 0. The summed E-state index contributed by atoms with van der Waals surface area (Å²) in [6.45, 7) is 0.288. The highest BCUT2D eigenvalue weighted by atomic mass is 32.2. The molecule has 0 aliphatic carbocycles. The molecule has 0 spiro atoms. The third-order valence-corrected chi connectivity index (χ3v) is 4.99. The first kappa shape index (κ1) is 13.5. The van der Waals surface area contributed by atoms with E-state index in [0.29, 0.717) is 12.8 Å². The zero-order valence-corrected chi connectivity index (χ0v) is 12.0. The molecule has 5 heteroatoms. The molecule has 2 saturated heterocycles. The number of ether oxygens (including phenoxy) is 1. The molecule has 20 heavy (non-hydrogen) atoms. The number of nitrogens with zero attached hydrogens (tertiary/aromatic N) is 1. The van der Waals surface area contributed by atoms with Crippen molar-refractivity contribution in [2.75, 3.05) is 11.5 Å². The molecule has 0 N–H and O–H groups in total. The predicted octanol–water partition coefficient (Wildman–Crippen LogP) is 2.47. The Hall–Kier alpha value is -1.49. The van der Waals surface area contributed by atoms with E-state index >= 15 is 0 Å². The molecule has 1 aromatic rings. The number of rotatable bonds is 2. The van der Waals surface area contributed by atoms with E-state index in [2.05, 4.69) is 0 Å². The Labute approximate surface area is 122 Å². The van der Waals surface area contributed by atoms with Gasteiger partial charge in [0.25, 0.3) is 0 Å². The van der Waals surface area contributed by atoms with Crippen molar-refractivity contribution < 1.29 is 14.3 Å². The van der Waals surface area contributed by atoms with E-state index in [4.69, 9.17) is 4.74 Å². The van der Waals surface area contributed by atoms with E-state index in [1.54, 1.807) is 4.90 Å². The molecule has 2 atom stereocenters. The Morgan fingerprint density at radius 1 is 1.20 bits per heavy atom. The largest absolute Gasteiger partial charge is 0.445 e. The van der Waals surface area contributed by atoms with Crippen LogP contribution in [0.5, 0.6) is 0 Å². The fourth-order valence-electron chi connectivity index (χ4n) is 2.81. The SMILES string of the molecule is O=C1CC2CSCC(C1)N2C(=O)OCc1ccccc1. The van der Waals surface area contributed by atoms with Crippen LogP contribution in [-0.2, 0) is 16.1 Å². The maximum absolute atomic E-state index is 12.3. The van der Waals surface area contributed by atoms with Gasteiger partial charge in [0.15, 0.2) is 0 Å². The average molecular weight is 291 g/mol.